The maximum atomic E-state index is 5.39. The number of hydrogen-bond donors (Lipinski definition) is 3. The van der Waals surface area contributed by atoms with Crippen LogP contribution in [0.5, 0.6) is 0 Å². The highest BCUT2D eigenvalue weighted by molar-refractivity contribution is 7.13. The summed E-state index contributed by atoms with van der Waals surface area (Å²) in [6.45, 7) is 0.727. The standard InChI is InChI=1S/C8H15N5S.2ClH/c9-4-2-1-3-6-5-14-8(12-6)13-7(10)11;;/h5H,1-4,9H2,(H4,10,11,12,13);2*1H. The van der Waals surface area contributed by atoms with Crippen LogP contribution in [0.4, 0.5) is 5.13 Å². The second kappa shape index (κ2) is 9.65. The summed E-state index contributed by atoms with van der Waals surface area (Å²) in [5.74, 6) is 0.0489. The highest BCUT2D eigenvalue weighted by atomic mass is 35.5. The van der Waals surface area contributed by atoms with Crippen LogP contribution in [0, 0.1) is 0 Å². The maximum absolute atomic E-state index is 5.39. The fourth-order valence-corrected chi connectivity index (χ4v) is 1.76. The van der Waals surface area contributed by atoms with E-state index in [1.165, 1.54) is 11.3 Å². The molecule has 0 aromatic carbocycles. The third-order valence-electron chi connectivity index (χ3n) is 1.65. The number of aryl methyl sites for hydroxylation is 1. The summed E-state index contributed by atoms with van der Waals surface area (Å²) in [5, 5.41) is 2.59. The van der Waals surface area contributed by atoms with E-state index in [-0.39, 0.29) is 30.8 Å². The molecule has 0 bridgehead atoms. The van der Waals surface area contributed by atoms with E-state index in [4.69, 9.17) is 17.2 Å². The molecule has 8 heteroatoms. The zero-order valence-corrected chi connectivity index (χ0v) is 11.2. The zero-order valence-electron chi connectivity index (χ0n) is 8.76. The first kappa shape index (κ1) is 17.8. The van der Waals surface area contributed by atoms with Crippen LogP contribution < -0.4 is 17.2 Å². The second-order valence-corrected chi connectivity index (χ2v) is 3.74. The lowest BCUT2D eigenvalue weighted by molar-refractivity contribution is 0.735. The molecule has 0 saturated carbocycles. The molecule has 6 N–H and O–H groups in total. The average Bonchev–Trinajstić information content (AvgIpc) is 2.52. The summed E-state index contributed by atoms with van der Waals surface area (Å²) in [6.07, 6.45) is 3.02. The smallest absolute Gasteiger partial charge is 0.212 e. The molecule has 1 aromatic heterocycles. The third-order valence-corrected chi connectivity index (χ3v) is 2.43. The van der Waals surface area contributed by atoms with Gasteiger partial charge in [0.15, 0.2) is 5.96 Å². The van der Waals surface area contributed by atoms with Crippen molar-refractivity contribution in [2.24, 2.45) is 22.2 Å². The van der Waals surface area contributed by atoms with E-state index < -0.39 is 0 Å². The number of aromatic nitrogens is 1. The van der Waals surface area contributed by atoms with Crippen molar-refractivity contribution in [3.63, 3.8) is 0 Å². The number of unbranched alkanes of at least 4 members (excludes halogenated alkanes) is 1. The summed E-state index contributed by atoms with van der Waals surface area (Å²) in [7, 11) is 0. The van der Waals surface area contributed by atoms with E-state index in [0.717, 1.165) is 31.5 Å². The Hall–Kier alpha value is -0.560. The van der Waals surface area contributed by atoms with Crippen molar-refractivity contribution in [2.75, 3.05) is 6.54 Å². The molecule has 0 radical (unpaired) electrons. The van der Waals surface area contributed by atoms with Gasteiger partial charge in [-0.1, -0.05) is 0 Å². The Kier molecular flexibility index (Phi) is 10.8. The first-order valence-electron chi connectivity index (χ1n) is 4.46. The lowest BCUT2D eigenvalue weighted by Gasteiger charge is -1.93. The number of guanidine groups is 1. The number of hydrogen-bond acceptors (Lipinski definition) is 4. The first-order chi connectivity index (χ1) is 6.72. The van der Waals surface area contributed by atoms with Gasteiger partial charge in [0.05, 0.1) is 5.69 Å². The molecule has 0 unspecified atom stereocenters. The van der Waals surface area contributed by atoms with Crippen molar-refractivity contribution in [3.8, 4) is 0 Å². The molecule has 1 rings (SSSR count). The summed E-state index contributed by atoms with van der Waals surface area (Å²) < 4.78 is 0. The molecule has 0 aliphatic heterocycles. The van der Waals surface area contributed by atoms with Crippen molar-refractivity contribution in [3.05, 3.63) is 11.1 Å². The molecule has 0 atom stereocenters. The lowest BCUT2D eigenvalue weighted by atomic mass is 10.2. The van der Waals surface area contributed by atoms with Gasteiger partial charge in [0.1, 0.15) is 0 Å². The highest BCUT2D eigenvalue weighted by Crippen LogP contribution is 2.19. The third kappa shape index (κ3) is 6.84. The molecule has 1 heterocycles. The number of nitrogens with two attached hydrogens (primary N) is 3. The molecule has 16 heavy (non-hydrogen) atoms. The van der Waals surface area contributed by atoms with Crippen LogP contribution in [0.3, 0.4) is 0 Å². The summed E-state index contributed by atoms with van der Waals surface area (Å²) in [5.41, 5.74) is 16.9. The van der Waals surface area contributed by atoms with Crippen LogP contribution in [0.25, 0.3) is 0 Å². The molecular formula is C8H17Cl2N5S. The Morgan fingerprint density at radius 1 is 1.31 bits per heavy atom. The molecule has 0 fully saturated rings. The Morgan fingerprint density at radius 3 is 2.56 bits per heavy atom. The summed E-state index contributed by atoms with van der Waals surface area (Å²) >= 11 is 1.45. The number of halogens is 2. The average molecular weight is 286 g/mol. The van der Waals surface area contributed by atoms with Gasteiger partial charge in [-0.25, -0.2) is 4.98 Å². The Bertz CT molecular complexity index is 311. The van der Waals surface area contributed by atoms with E-state index >= 15 is 0 Å². The molecule has 1 aromatic rings. The molecule has 0 aliphatic carbocycles. The maximum Gasteiger partial charge on any atom is 0.212 e. The molecular weight excluding hydrogens is 269 g/mol. The van der Waals surface area contributed by atoms with Crippen LogP contribution in [-0.4, -0.2) is 17.5 Å². The monoisotopic (exact) mass is 285 g/mol. The molecule has 94 valence electrons. The van der Waals surface area contributed by atoms with E-state index in [9.17, 15) is 0 Å². The van der Waals surface area contributed by atoms with Gasteiger partial charge in [-0.2, -0.15) is 4.99 Å². The minimum atomic E-state index is 0. The fourth-order valence-electron chi connectivity index (χ4n) is 1.02. The predicted molar refractivity (Wildman–Crippen MR) is 74.1 cm³/mol. The van der Waals surface area contributed by atoms with Crippen molar-refractivity contribution >= 4 is 47.2 Å². The molecule has 0 aliphatic rings. The van der Waals surface area contributed by atoms with E-state index in [1.54, 1.807) is 0 Å². The van der Waals surface area contributed by atoms with Gasteiger partial charge < -0.3 is 17.2 Å². The topological polar surface area (TPSA) is 103 Å². The van der Waals surface area contributed by atoms with Crippen molar-refractivity contribution in [1.29, 1.82) is 0 Å². The van der Waals surface area contributed by atoms with Gasteiger partial charge in [-0.3, -0.25) is 0 Å². The Labute approximate surface area is 111 Å². The number of rotatable bonds is 5. The molecule has 0 spiro atoms. The van der Waals surface area contributed by atoms with Crippen molar-refractivity contribution < 1.29 is 0 Å². The van der Waals surface area contributed by atoms with Crippen LogP contribution in [-0.2, 0) is 6.42 Å². The van der Waals surface area contributed by atoms with E-state index in [2.05, 4.69) is 9.98 Å². The minimum Gasteiger partial charge on any atom is -0.370 e. The fraction of sp³-hybridized carbons (Fsp3) is 0.500. The zero-order chi connectivity index (χ0) is 10.4. The second-order valence-electron chi connectivity index (χ2n) is 2.90. The number of nitrogens with zero attached hydrogens (tertiary/aromatic N) is 2. The first-order valence-corrected chi connectivity index (χ1v) is 5.34. The highest BCUT2D eigenvalue weighted by Gasteiger charge is 2.00. The summed E-state index contributed by atoms with van der Waals surface area (Å²) in [6, 6.07) is 0. The largest absolute Gasteiger partial charge is 0.370 e. The van der Waals surface area contributed by atoms with E-state index in [1.807, 2.05) is 5.38 Å². The van der Waals surface area contributed by atoms with Crippen LogP contribution in [0.15, 0.2) is 10.4 Å². The van der Waals surface area contributed by atoms with Crippen LogP contribution >= 0.6 is 36.2 Å². The van der Waals surface area contributed by atoms with Gasteiger partial charge in [-0.05, 0) is 25.8 Å². The van der Waals surface area contributed by atoms with Crippen LogP contribution in [0.1, 0.15) is 18.5 Å². The molecule has 0 saturated heterocycles. The Balaban J connectivity index is 0. The van der Waals surface area contributed by atoms with E-state index in [0.29, 0.717) is 5.13 Å². The predicted octanol–water partition coefficient (Wildman–Crippen LogP) is 1.17. The van der Waals surface area contributed by atoms with Gasteiger partial charge in [0.2, 0.25) is 5.13 Å². The number of aliphatic imine (C=N–C) groups is 1. The normalized spacial score (nSPS) is 8.81. The van der Waals surface area contributed by atoms with Crippen LogP contribution in [0.2, 0.25) is 0 Å². The van der Waals surface area contributed by atoms with Gasteiger partial charge >= 0.3 is 0 Å². The molecule has 0 amide bonds. The molecule has 5 nitrogen and oxygen atoms in total. The lowest BCUT2D eigenvalue weighted by Crippen LogP contribution is -2.21. The van der Waals surface area contributed by atoms with Crippen molar-refractivity contribution in [2.45, 2.75) is 19.3 Å². The van der Waals surface area contributed by atoms with Gasteiger partial charge in [0, 0.05) is 5.38 Å². The summed E-state index contributed by atoms with van der Waals surface area (Å²) in [4.78, 5) is 8.12. The minimum absolute atomic E-state index is 0. The van der Waals surface area contributed by atoms with Gasteiger partial charge in [-0.15, -0.1) is 36.2 Å². The quantitative estimate of drug-likeness (QED) is 0.429. The Morgan fingerprint density at radius 2 is 2.00 bits per heavy atom. The number of thiazole rings is 1. The SMILES string of the molecule is Cl.Cl.NCCCCc1csc(N=C(N)N)n1. The van der Waals surface area contributed by atoms with Gasteiger partial charge in [0.25, 0.3) is 0 Å². The van der Waals surface area contributed by atoms with Crippen molar-refractivity contribution in [1.82, 2.24) is 4.98 Å².